The molecule has 1 aromatic rings. The predicted molar refractivity (Wildman–Crippen MR) is 72.6 cm³/mol. The van der Waals surface area contributed by atoms with Crippen molar-refractivity contribution >= 4 is 11.5 Å². The molecular weight excluding hydrogens is 283 g/mol. The minimum atomic E-state index is -4.53. The largest absolute Gasteiger partial charge is 0.417 e. The molecule has 4 nitrogen and oxygen atoms in total. The van der Waals surface area contributed by atoms with E-state index in [1.807, 2.05) is 4.90 Å². The topological polar surface area (TPSA) is 62.3 Å². The number of amidine groups is 1. The van der Waals surface area contributed by atoms with E-state index in [0.29, 0.717) is 18.8 Å². The predicted octanol–water partition coefficient (Wildman–Crippen LogP) is 2.36. The van der Waals surface area contributed by atoms with Crippen molar-refractivity contribution in [2.75, 3.05) is 18.0 Å². The van der Waals surface area contributed by atoms with Crippen molar-refractivity contribution in [1.29, 1.82) is 5.41 Å². The highest BCUT2D eigenvalue weighted by molar-refractivity contribution is 5.97. The average molecular weight is 299 g/mol. The van der Waals surface area contributed by atoms with Crippen molar-refractivity contribution in [2.45, 2.75) is 31.2 Å². The number of hydrogen-bond acceptors (Lipinski definition) is 3. The van der Waals surface area contributed by atoms with E-state index in [4.69, 9.17) is 15.9 Å². The second kappa shape index (κ2) is 4.91. The summed E-state index contributed by atoms with van der Waals surface area (Å²) in [7, 11) is 0. The molecule has 114 valence electrons. The van der Waals surface area contributed by atoms with Crippen molar-refractivity contribution in [1.82, 2.24) is 0 Å². The van der Waals surface area contributed by atoms with Crippen LogP contribution in [-0.2, 0) is 10.9 Å². The number of rotatable bonds is 2. The lowest BCUT2D eigenvalue weighted by atomic mass is 10.0. The fourth-order valence-corrected chi connectivity index (χ4v) is 3.02. The van der Waals surface area contributed by atoms with Crippen LogP contribution < -0.4 is 10.6 Å². The number of nitrogens with zero attached hydrogens (tertiary/aromatic N) is 1. The van der Waals surface area contributed by atoms with Gasteiger partial charge >= 0.3 is 6.18 Å². The highest BCUT2D eigenvalue weighted by Crippen LogP contribution is 2.36. The molecule has 3 N–H and O–H groups in total. The van der Waals surface area contributed by atoms with Crippen LogP contribution in [0.3, 0.4) is 0 Å². The molecule has 21 heavy (non-hydrogen) atoms. The fraction of sp³-hybridized carbons (Fsp3) is 0.500. The van der Waals surface area contributed by atoms with Crippen LogP contribution in [-0.4, -0.2) is 31.1 Å². The molecule has 2 heterocycles. The number of morpholine rings is 1. The number of nitrogen functional groups attached to an aromatic ring is 1. The minimum absolute atomic E-state index is 0.102. The Morgan fingerprint density at radius 3 is 2.38 bits per heavy atom. The Balaban J connectivity index is 1.95. The maximum Gasteiger partial charge on any atom is 0.417 e. The fourth-order valence-electron chi connectivity index (χ4n) is 3.02. The van der Waals surface area contributed by atoms with Crippen LogP contribution in [0, 0.1) is 5.41 Å². The van der Waals surface area contributed by atoms with E-state index in [0.717, 1.165) is 18.9 Å². The van der Waals surface area contributed by atoms with E-state index in [1.54, 1.807) is 6.07 Å². The highest BCUT2D eigenvalue weighted by Gasteiger charge is 2.37. The van der Waals surface area contributed by atoms with Crippen LogP contribution in [0.2, 0.25) is 0 Å². The summed E-state index contributed by atoms with van der Waals surface area (Å²) < 4.78 is 45.1. The van der Waals surface area contributed by atoms with Crippen LogP contribution in [0.5, 0.6) is 0 Å². The lowest BCUT2D eigenvalue weighted by molar-refractivity contribution is -0.137. The zero-order chi connectivity index (χ0) is 15.2. The van der Waals surface area contributed by atoms with Gasteiger partial charge in [0.05, 0.1) is 17.8 Å². The molecule has 2 unspecified atom stereocenters. The van der Waals surface area contributed by atoms with Crippen LogP contribution >= 0.6 is 0 Å². The Hall–Kier alpha value is -1.76. The van der Waals surface area contributed by atoms with Gasteiger partial charge in [-0.25, -0.2) is 0 Å². The summed E-state index contributed by atoms with van der Waals surface area (Å²) >= 11 is 0. The average Bonchev–Trinajstić information content (AvgIpc) is 2.75. The molecule has 2 aliphatic heterocycles. The van der Waals surface area contributed by atoms with E-state index in [2.05, 4.69) is 0 Å². The third-order valence-corrected chi connectivity index (χ3v) is 4.01. The highest BCUT2D eigenvalue weighted by atomic mass is 19.4. The van der Waals surface area contributed by atoms with Gasteiger partial charge in [0.25, 0.3) is 0 Å². The Morgan fingerprint density at radius 2 is 1.86 bits per heavy atom. The van der Waals surface area contributed by atoms with E-state index in [9.17, 15) is 13.2 Å². The maximum atomic E-state index is 13.1. The zero-order valence-electron chi connectivity index (χ0n) is 11.3. The third-order valence-electron chi connectivity index (χ3n) is 4.01. The van der Waals surface area contributed by atoms with Gasteiger partial charge in [0, 0.05) is 24.3 Å². The molecule has 7 heteroatoms. The van der Waals surface area contributed by atoms with Crippen LogP contribution in [0.15, 0.2) is 18.2 Å². The van der Waals surface area contributed by atoms with Crippen molar-refractivity contribution < 1.29 is 17.9 Å². The number of alkyl halides is 3. The Morgan fingerprint density at radius 1 is 1.24 bits per heavy atom. The molecule has 0 radical (unpaired) electrons. The normalized spacial score (nSPS) is 25.2. The standard InChI is InChI=1S/C14H16F3N3O/c15-14(16,17)12-5-8(1-4-11(12)13(18)19)20-6-9-2-3-10(7-20)21-9/h1,4-5,9-10H,2-3,6-7H2,(H3,18,19). The number of anilines is 1. The molecule has 2 aliphatic rings. The molecule has 2 bridgehead atoms. The van der Waals surface area contributed by atoms with E-state index < -0.39 is 17.6 Å². The van der Waals surface area contributed by atoms with E-state index in [1.165, 1.54) is 6.07 Å². The van der Waals surface area contributed by atoms with Crippen LogP contribution in [0.25, 0.3) is 0 Å². The van der Waals surface area contributed by atoms with Gasteiger partial charge < -0.3 is 15.4 Å². The third kappa shape index (κ3) is 2.70. The van der Waals surface area contributed by atoms with Crippen molar-refractivity contribution in [3.8, 4) is 0 Å². The van der Waals surface area contributed by atoms with Gasteiger partial charge in [-0.05, 0) is 31.0 Å². The molecule has 0 amide bonds. The van der Waals surface area contributed by atoms with Crippen molar-refractivity contribution in [3.05, 3.63) is 29.3 Å². The van der Waals surface area contributed by atoms with Crippen molar-refractivity contribution in [3.63, 3.8) is 0 Å². The zero-order valence-corrected chi connectivity index (χ0v) is 11.3. The summed E-state index contributed by atoms with van der Waals surface area (Å²) in [6.45, 7) is 1.21. The van der Waals surface area contributed by atoms with Gasteiger partial charge in [0.1, 0.15) is 5.84 Å². The number of hydrogen-bond donors (Lipinski definition) is 2. The van der Waals surface area contributed by atoms with Gasteiger partial charge in [-0.2, -0.15) is 13.2 Å². The second-order valence-corrected chi connectivity index (χ2v) is 5.50. The monoisotopic (exact) mass is 299 g/mol. The number of halogens is 3. The van der Waals surface area contributed by atoms with Crippen molar-refractivity contribution in [2.24, 2.45) is 5.73 Å². The summed E-state index contributed by atoms with van der Waals surface area (Å²) in [4.78, 5) is 1.92. The lowest BCUT2D eigenvalue weighted by Crippen LogP contribution is -2.42. The summed E-state index contributed by atoms with van der Waals surface area (Å²) in [5.74, 6) is -0.573. The number of nitrogens with two attached hydrogens (primary N) is 1. The van der Waals surface area contributed by atoms with Gasteiger partial charge in [0.15, 0.2) is 0 Å². The minimum Gasteiger partial charge on any atom is -0.384 e. The van der Waals surface area contributed by atoms with Crippen LogP contribution in [0.1, 0.15) is 24.0 Å². The Labute approximate surface area is 120 Å². The van der Waals surface area contributed by atoms with Gasteiger partial charge in [-0.15, -0.1) is 0 Å². The number of nitrogens with one attached hydrogen (secondary N) is 1. The van der Waals surface area contributed by atoms with Gasteiger partial charge in [-0.3, -0.25) is 5.41 Å². The SMILES string of the molecule is N=C(N)c1ccc(N2CC3CCC(C2)O3)cc1C(F)(F)F. The lowest BCUT2D eigenvalue weighted by Gasteiger charge is -2.34. The summed E-state index contributed by atoms with van der Waals surface area (Å²) in [5.41, 5.74) is 4.62. The molecule has 1 aromatic carbocycles. The van der Waals surface area contributed by atoms with Gasteiger partial charge in [0.2, 0.25) is 0 Å². The number of ether oxygens (including phenoxy) is 1. The molecule has 0 aromatic heterocycles. The quantitative estimate of drug-likeness (QED) is 0.651. The first-order chi connectivity index (χ1) is 9.84. The molecule has 3 rings (SSSR count). The molecule has 0 saturated carbocycles. The van der Waals surface area contributed by atoms with E-state index in [-0.39, 0.29) is 17.8 Å². The second-order valence-electron chi connectivity index (χ2n) is 5.50. The summed E-state index contributed by atoms with van der Waals surface area (Å²) in [6.07, 6.45) is -2.41. The van der Waals surface area contributed by atoms with Gasteiger partial charge in [-0.1, -0.05) is 0 Å². The molecule has 2 saturated heterocycles. The van der Waals surface area contributed by atoms with Crippen LogP contribution in [0.4, 0.5) is 18.9 Å². The summed E-state index contributed by atoms with van der Waals surface area (Å²) in [6, 6.07) is 3.95. The molecular formula is C14H16F3N3O. The smallest absolute Gasteiger partial charge is 0.384 e. The first-order valence-electron chi connectivity index (χ1n) is 6.80. The molecule has 2 atom stereocenters. The number of benzene rings is 1. The van der Waals surface area contributed by atoms with E-state index >= 15 is 0 Å². The summed E-state index contributed by atoms with van der Waals surface area (Å²) in [5, 5.41) is 7.29. The molecule has 2 fully saturated rings. The first kappa shape index (κ1) is 14.2. The Bertz CT molecular complexity index is 561. The molecule has 0 spiro atoms. The maximum absolute atomic E-state index is 13.1. The first-order valence-corrected chi connectivity index (χ1v) is 6.80. The molecule has 0 aliphatic carbocycles. The Kier molecular flexibility index (Phi) is 3.32. The number of fused-ring (bicyclic) bond motifs is 2.